The van der Waals surface area contributed by atoms with Gasteiger partial charge in [-0.3, -0.25) is 5.32 Å². The maximum atomic E-state index is 12.9. The van der Waals surface area contributed by atoms with Crippen molar-refractivity contribution in [3.05, 3.63) is 53.6 Å². The summed E-state index contributed by atoms with van der Waals surface area (Å²) in [4.78, 5) is 24.6. The van der Waals surface area contributed by atoms with Gasteiger partial charge < -0.3 is 19.3 Å². The Kier molecular flexibility index (Phi) is 5.91. The summed E-state index contributed by atoms with van der Waals surface area (Å²) in [6.07, 6.45) is -1.05. The number of carbonyl (C=O) groups is 2. The summed E-state index contributed by atoms with van der Waals surface area (Å²) in [5, 5.41) is 12.6. The number of nitrogens with one attached hydrogen (secondary N) is 1. The molecule has 3 rings (SSSR count). The van der Waals surface area contributed by atoms with Crippen molar-refractivity contribution in [1.82, 2.24) is 5.32 Å². The Morgan fingerprint density at radius 1 is 1.14 bits per heavy atom. The zero-order valence-electron chi connectivity index (χ0n) is 16.9. The van der Waals surface area contributed by atoms with E-state index in [0.29, 0.717) is 22.4 Å². The Morgan fingerprint density at radius 2 is 1.83 bits per heavy atom. The molecule has 1 heterocycles. The topological polar surface area (TPSA) is 94.1 Å². The number of carboxylic acids is 1. The number of methoxy groups -OCH3 is 1. The minimum atomic E-state index is -1.07. The fraction of sp³-hybridized carbons (Fsp3) is 0.364. The van der Waals surface area contributed by atoms with Gasteiger partial charge in [0, 0.05) is 5.56 Å². The molecule has 7 heteroatoms. The molecule has 1 aliphatic rings. The first-order valence-corrected chi connectivity index (χ1v) is 9.30. The van der Waals surface area contributed by atoms with Crippen LogP contribution in [-0.4, -0.2) is 42.6 Å². The third-order valence-electron chi connectivity index (χ3n) is 4.54. The summed E-state index contributed by atoms with van der Waals surface area (Å²) >= 11 is 0. The van der Waals surface area contributed by atoms with Crippen LogP contribution in [0.25, 0.3) is 11.1 Å². The second kappa shape index (κ2) is 8.23. The highest BCUT2D eigenvalue weighted by Gasteiger charge is 2.37. The molecular weight excluding hydrogens is 374 g/mol. The van der Waals surface area contributed by atoms with E-state index in [2.05, 4.69) is 5.32 Å². The first-order valence-electron chi connectivity index (χ1n) is 9.30. The summed E-state index contributed by atoms with van der Waals surface area (Å²) in [5.74, 6) is -0.866. The Morgan fingerprint density at radius 3 is 2.41 bits per heavy atom. The van der Waals surface area contributed by atoms with Crippen molar-refractivity contribution in [3.63, 3.8) is 0 Å². The quantitative estimate of drug-likeness (QED) is 0.744. The van der Waals surface area contributed by atoms with Crippen LogP contribution in [0.5, 0.6) is 5.75 Å². The minimum Gasteiger partial charge on any atom is -0.497 e. The van der Waals surface area contributed by atoms with Gasteiger partial charge in [-0.2, -0.15) is 0 Å². The van der Waals surface area contributed by atoms with Crippen LogP contribution in [0.2, 0.25) is 0 Å². The minimum absolute atomic E-state index is 0.111. The van der Waals surface area contributed by atoms with Crippen LogP contribution in [0, 0.1) is 0 Å². The predicted molar refractivity (Wildman–Crippen MR) is 107 cm³/mol. The Balaban J connectivity index is 2.16. The van der Waals surface area contributed by atoms with Crippen LogP contribution in [-0.2, 0) is 14.3 Å². The first-order chi connectivity index (χ1) is 13.7. The molecule has 0 spiro atoms. The third-order valence-corrected chi connectivity index (χ3v) is 4.54. The van der Waals surface area contributed by atoms with E-state index in [-0.39, 0.29) is 6.73 Å². The molecular formula is C22H25NO6. The number of carbonyl (C=O) groups excluding carboxylic acids is 1. The van der Waals surface area contributed by atoms with Gasteiger partial charge >= 0.3 is 11.9 Å². The zero-order chi connectivity index (χ0) is 21.2. The van der Waals surface area contributed by atoms with Gasteiger partial charge in [0.25, 0.3) is 0 Å². The van der Waals surface area contributed by atoms with Crippen LogP contribution in [0.3, 0.4) is 0 Å². The number of ether oxygens (including phenoxy) is 3. The summed E-state index contributed by atoms with van der Waals surface area (Å²) in [5.41, 5.74) is 1.71. The molecule has 2 aromatic rings. The van der Waals surface area contributed by atoms with E-state index in [9.17, 15) is 14.7 Å². The third kappa shape index (κ3) is 4.58. The molecule has 154 valence electrons. The first kappa shape index (κ1) is 20.8. The van der Waals surface area contributed by atoms with Crippen molar-refractivity contribution in [1.29, 1.82) is 0 Å². The van der Waals surface area contributed by atoms with Crippen molar-refractivity contribution in [2.45, 2.75) is 38.5 Å². The molecule has 2 atom stereocenters. The maximum Gasteiger partial charge on any atom is 0.339 e. The van der Waals surface area contributed by atoms with Gasteiger partial charge in [0.15, 0.2) is 6.10 Å². The largest absolute Gasteiger partial charge is 0.497 e. The van der Waals surface area contributed by atoms with Gasteiger partial charge in [0.1, 0.15) is 11.4 Å². The normalized spacial score (nSPS) is 19.0. The van der Waals surface area contributed by atoms with Crippen LogP contribution in [0.4, 0.5) is 0 Å². The van der Waals surface area contributed by atoms with E-state index < -0.39 is 29.7 Å². The van der Waals surface area contributed by atoms with Gasteiger partial charge in [0.2, 0.25) is 0 Å². The van der Waals surface area contributed by atoms with E-state index in [4.69, 9.17) is 14.2 Å². The number of aliphatic carboxylic acids is 1. The lowest BCUT2D eigenvalue weighted by Gasteiger charge is -2.24. The lowest BCUT2D eigenvalue weighted by atomic mass is 9.88. The second-order valence-corrected chi connectivity index (χ2v) is 7.75. The zero-order valence-corrected chi connectivity index (χ0v) is 16.9. The molecule has 2 unspecified atom stereocenters. The van der Waals surface area contributed by atoms with Crippen LogP contribution in [0.1, 0.15) is 42.7 Å². The fourth-order valence-corrected chi connectivity index (χ4v) is 3.33. The number of hydrogen-bond acceptors (Lipinski definition) is 6. The van der Waals surface area contributed by atoms with E-state index in [1.807, 2.05) is 12.1 Å². The monoisotopic (exact) mass is 399 g/mol. The molecule has 0 aromatic heterocycles. The average Bonchev–Trinajstić information content (AvgIpc) is 3.16. The molecule has 0 bridgehead atoms. The molecule has 1 saturated heterocycles. The number of benzene rings is 2. The Labute approximate surface area is 169 Å². The van der Waals surface area contributed by atoms with Crippen LogP contribution in [0.15, 0.2) is 42.5 Å². The van der Waals surface area contributed by atoms with Gasteiger partial charge in [0.05, 0.1) is 25.4 Å². The summed E-state index contributed by atoms with van der Waals surface area (Å²) < 4.78 is 16.2. The second-order valence-electron chi connectivity index (χ2n) is 7.75. The highest BCUT2D eigenvalue weighted by molar-refractivity contribution is 5.99. The number of hydrogen-bond donors (Lipinski definition) is 2. The summed E-state index contributed by atoms with van der Waals surface area (Å²) in [6, 6.07) is 11.8. The van der Waals surface area contributed by atoms with Crippen molar-refractivity contribution in [3.8, 4) is 16.9 Å². The van der Waals surface area contributed by atoms with Gasteiger partial charge in [-0.25, -0.2) is 9.59 Å². The molecule has 1 aliphatic heterocycles. The van der Waals surface area contributed by atoms with Crippen molar-refractivity contribution >= 4 is 11.9 Å². The van der Waals surface area contributed by atoms with E-state index in [1.165, 1.54) is 0 Å². The number of esters is 1. The van der Waals surface area contributed by atoms with Crippen molar-refractivity contribution < 1.29 is 28.9 Å². The van der Waals surface area contributed by atoms with E-state index in [1.54, 1.807) is 58.2 Å². The lowest BCUT2D eigenvalue weighted by Crippen LogP contribution is -2.30. The fourth-order valence-electron chi connectivity index (χ4n) is 3.33. The average molecular weight is 399 g/mol. The number of rotatable bonds is 5. The predicted octanol–water partition coefficient (Wildman–Crippen LogP) is 3.39. The smallest absolute Gasteiger partial charge is 0.339 e. The molecule has 0 aliphatic carbocycles. The highest BCUT2D eigenvalue weighted by Crippen LogP contribution is 2.37. The summed E-state index contributed by atoms with van der Waals surface area (Å²) in [6.45, 7) is 5.51. The number of carboxylic acid groups (broad SMARTS) is 1. The van der Waals surface area contributed by atoms with Gasteiger partial charge in [-0.1, -0.05) is 24.3 Å². The maximum absolute atomic E-state index is 12.9. The molecule has 2 N–H and O–H groups in total. The molecule has 7 nitrogen and oxygen atoms in total. The van der Waals surface area contributed by atoms with Crippen molar-refractivity contribution in [2.75, 3.05) is 13.8 Å². The standard InChI is InChI=1S/C22H25NO6/c1-22(2,3)29-21(26)16-7-5-6-15(18-19(20(24)25)28-12-23-18)17(16)13-8-10-14(27-4)11-9-13/h5-11,18-19,23H,12H2,1-4H3,(H,24,25). The lowest BCUT2D eigenvalue weighted by molar-refractivity contribution is -0.148. The molecule has 0 radical (unpaired) electrons. The van der Waals surface area contributed by atoms with Gasteiger partial charge in [-0.15, -0.1) is 0 Å². The van der Waals surface area contributed by atoms with Gasteiger partial charge in [-0.05, 0) is 50.1 Å². The Bertz CT molecular complexity index is 901. The molecule has 0 amide bonds. The SMILES string of the molecule is COc1ccc(-c2c(C(=O)OC(C)(C)C)cccc2C2NCOC2C(=O)O)cc1. The van der Waals surface area contributed by atoms with E-state index in [0.717, 1.165) is 5.56 Å². The highest BCUT2D eigenvalue weighted by atomic mass is 16.6. The summed E-state index contributed by atoms with van der Waals surface area (Å²) in [7, 11) is 1.58. The van der Waals surface area contributed by atoms with Crippen LogP contribution < -0.4 is 10.1 Å². The van der Waals surface area contributed by atoms with Crippen molar-refractivity contribution in [2.24, 2.45) is 0 Å². The molecule has 2 aromatic carbocycles. The van der Waals surface area contributed by atoms with E-state index >= 15 is 0 Å². The molecule has 0 saturated carbocycles. The molecule has 1 fully saturated rings. The Hall–Kier alpha value is -2.90. The van der Waals surface area contributed by atoms with Crippen LogP contribution >= 0.6 is 0 Å². The molecule has 29 heavy (non-hydrogen) atoms.